The zero-order valence-electron chi connectivity index (χ0n) is 12.2. The van der Waals surface area contributed by atoms with Crippen LogP contribution in [0.3, 0.4) is 0 Å². The van der Waals surface area contributed by atoms with Gasteiger partial charge in [0.25, 0.3) is 0 Å². The highest BCUT2D eigenvalue weighted by Gasteiger charge is 2.26. The number of ether oxygens (including phenoxy) is 2. The van der Waals surface area contributed by atoms with Crippen LogP contribution in [0, 0.1) is 5.41 Å². The normalized spacial score (nSPS) is 11.0. The molecule has 0 bridgehead atoms. The molecule has 1 rings (SSSR count). The molecule has 0 aliphatic rings. The lowest BCUT2D eigenvalue weighted by Crippen LogP contribution is -2.21. The van der Waals surface area contributed by atoms with Crippen molar-refractivity contribution in [3.05, 3.63) is 23.8 Å². The minimum atomic E-state index is -0.911. The minimum absolute atomic E-state index is 0.0557. The molecule has 20 heavy (non-hydrogen) atoms. The number of Topliss-reactive ketones (excluding diaryl/α,β-unsaturated/α-hetero) is 1. The van der Waals surface area contributed by atoms with Gasteiger partial charge in [0, 0.05) is 18.1 Å². The number of carboxylic acids is 1. The van der Waals surface area contributed by atoms with E-state index in [2.05, 4.69) is 0 Å². The molecule has 1 aromatic rings. The molecule has 0 aliphatic carbocycles. The summed E-state index contributed by atoms with van der Waals surface area (Å²) in [6, 6.07) is 4.93. The first-order valence-electron chi connectivity index (χ1n) is 6.25. The fraction of sp³-hybridized carbons (Fsp3) is 0.467. The second-order valence-corrected chi connectivity index (χ2v) is 5.44. The molecule has 0 heterocycles. The lowest BCUT2D eigenvalue weighted by Gasteiger charge is -2.21. The van der Waals surface area contributed by atoms with E-state index in [1.165, 1.54) is 14.2 Å². The fourth-order valence-electron chi connectivity index (χ4n) is 1.98. The third-order valence-electron chi connectivity index (χ3n) is 2.94. The summed E-state index contributed by atoms with van der Waals surface area (Å²) in [5.41, 5.74) is -0.140. The van der Waals surface area contributed by atoms with Crippen molar-refractivity contribution in [3.63, 3.8) is 0 Å². The van der Waals surface area contributed by atoms with Crippen molar-refractivity contribution in [2.75, 3.05) is 14.2 Å². The average Bonchev–Trinajstić information content (AvgIpc) is 2.35. The summed E-state index contributed by atoms with van der Waals surface area (Å²) in [7, 11) is 3.02. The Morgan fingerprint density at radius 3 is 1.95 bits per heavy atom. The quantitative estimate of drug-likeness (QED) is 0.777. The third-order valence-corrected chi connectivity index (χ3v) is 2.94. The Hall–Kier alpha value is -2.04. The minimum Gasteiger partial charge on any atom is -0.497 e. The summed E-state index contributed by atoms with van der Waals surface area (Å²) in [4.78, 5) is 23.1. The summed E-state index contributed by atoms with van der Waals surface area (Å²) in [6.07, 6.45) is 0.0927. The molecule has 0 amide bonds. The van der Waals surface area contributed by atoms with E-state index >= 15 is 0 Å². The standard InChI is InChI=1S/C15H20O5/c1-15(2,9-14(17)18)8-13(16)10-5-11(19-3)7-12(6-10)20-4/h5-7H,8-9H2,1-4H3,(H,17,18). The molecule has 110 valence electrons. The first kappa shape index (κ1) is 16.0. The van der Waals surface area contributed by atoms with Crippen LogP contribution in [0.2, 0.25) is 0 Å². The van der Waals surface area contributed by atoms with Crippen molar-refractivity contribution in [2.24, 2.45) is 5.41 Å². The summed E-state index contributed by atoms with van der Waals surface area (Å²) < 4.78 is 10.2. The van der Waals surface area contributed by atoms with Gasteiger partial charge in [-0.15, -0.1) is 0 Å². The Morgan fingerprint density at radius 2 is 1.55 bits per heavy atom. The molecule has 5 heteroatoms. The molecule has 0 spiro atoms. The highest BCUT2D eigenvalue weighted by atomic mass is 16.5. The Kier molecular flexibility index (Phi) is 5.13. The highest BCUT2D eigenvalue weighted by molar-refractivity contribution is 5.97. The van der Waals surface area contributed by atoms with Crippen molar-refractivity contribution in [1.29, 1.82) is 0 Å². The van der Waals surface area contributed by atoms with Crippen LogP contribution in [0.1, 0.15) is 37.0 Å². The van der Waals surface area contributed by atoms with E-state index in [0.717, 1.165) is 0 Å². The zero-order valence-corrected chi connectivity index (χ0v) is 12.2. The molecule has 0 aromatic heterocycles. The van der Waals surface area contributed by atoms with Crippen LogP contribution in [0.4, 0.5) is 0 Å². The van der Waals surface area contributed by atoms with Gasteiger partial charge >= 0.3 is 5.97 Å². The van der Waals surface area contributed by atoms with E-state index < -0.39 is 11.4 Å². The summed E-state index contributed by atoms with van der Waals surface area (Å²) >= 11 is 0. The number of hydrogen-bond donors (Lipinski definition) is 1. The predicted molar refractivity (Wildman–Crippen MR) is 74.5 cm³/mol. The van der Waals surface area contributed by atoms with Crippen LogP contribution < -0.4 is 9.47 Å². The first-order valence-corrected chi connectivity index (χ1v) is 6.25. The van der Waals surface area contributed by atoms with Crippen LogP contribution >= 0.6 is 0 Å². The first-order chi connectivity index (χ1) is 9.27. The van der Waals surface area contributed by atoms with Crippen LogP contribution in [-0.2, 0) is 4.79 Å². The maximum absolute atomic E-state index is 12.3. The Balaban J connectivity index is 2.94. The number of carbonyl (C=O) groups excluding carboxylic acids is 1. The second-order valence-electron chi connectivity index (χ2n) is 5.44. The van der Waals surface area contributed by atoms with Gasteiger partial charge in [-0.25, -0.2) is 0 Å². The lowest BCUT2D eigenvalue weighted by atomic mass is 9.82. The molecule has 0 unspecified atom stereocenters. The van der Waals surface area contributed by atoms with E-state index in [-0.39, 0.29) is 18.6 Å². The smallest absolute Gasteiger partial charge is 0.303 e. The van der Waals surface area contributed by atoms with Crippen molar-refractivity contribution < 1.29 is 24.2 Å². The van der Waals surface area contributed by atoms with Gasteiger partial charge in [-0.1, -0.05) is 13.8 Å². The maximum Gasteiger partial charge on any atom is 0.303 e. The number of methoxy groups -OCH3 is 2. The Bertz CT molecular complexity index is 483. The van der Waals surface area contributed by atoms with Crippen LogP contribution in [0.5, 0.6) is 11.5 Å². The number of benzene rings is 1. The van der Waals surface area contributed by atoms with Gasteiger partial charge in [-0.2, -0.15) is 0 Å². The Labute approximate surface area is 118 Å². The zero-order chi connectivity index (χ0) is 15.3. The van der Waals surface area contributed by atoms with E-state index in [1.54, 1.807) is 32.0 Å². The van der Waals surface area contributed by atoms with E-state index in [1.807, 2.05) is 0 Å². The SMILES string of the molecule is COc1cc(OC)cc(C(=O)CC(C)(C)CC(=O)O)c1. The average molecular weight is 280 g/mol. The van der Waals surface area contributed by atoms with Gasteiger partial charge in [-0.3, -0.25) is 9.59 Å². The van der Waals surface area contributed by atoms with E-state index in [9.17, 15) is 9.59 Å². The van der Waals surface area contributed by atoms with Crippen molar-refractivity contribution >= 4 is 11.8 Å². The maximum atomic E-state index is 12.3. The van der Waals surface area contributed by atoms with Gasteiger partial charge < -0.3 is 14.6 Å². The van der Waals surface area contributed by atoms with Crippen LogP contribution in [-0.4, -0.2) is 31.1 Å². The van der Waals surface area contributed by atoms with Crippen molar-refractivity contribution in [2.45, 2.75) is 26.7 Å². The van der Waals surface area contributed by atoms with Gasteiger partial charge in [0.1, 0.15) is 11.5 Å². The van der Waals surface area contributed by atoms with Crippen LogP contribution in [0.25, 0.3) is 0 Å². The van der Waals surface area contributed by atoms with Crippen molar-refractivity contribution in [1.82, 2.24) is 0 Å². The lowest BCUT2D eigenvalue weighted by molar-refractivity contribution is -0.139. The molecule has 0 saturated carbocycles. The largest absolute Gasteiger partial charge is 0.497 e. The Morgan fingerprint density at radius 1 is 1.05 bits per heavy atom. The number of hydrogen-bond acceptors (Lipinski definition) is 4. The molecule has 1 N–H and O–H groups in total. The van der Waals surface area contributed by atoms with Gasteiger partial charge in [0.2, 0.25) is 0 Å². The highest BCUT2D eigenvalue weighted by Crippen LogP contribution is 2.29. The summed E-state index contributed by atoms with van der Waals surface area (Å²) in [5.74, 6) is 0.0203. The molecule has 0 aliphatic heterocycles. The monoisotopic (exact) mass is 280 g/mol. The molecule has 0 fully saturated rings. The topological polar surface area (TPSA) is 72.8 Å². The van der Waals surface area contributed by atoms with Gasteiger partial charge in [0.15, 0.2) is 5.78 Å². The van der Waals surface area contributed by atoms with E-state index in [0.29, 0.717) is 17.1 Å². The molecule has 5 nitrogen and oxygen atoms in total. The van der Waals surface area contributed by atoms with Crippen molar-refractivity contribution in [3.8, 4) is 11.5 Å². The molecule has 0 atom stereocenters. The van der Waals surface area contributed by atoms with Gasteiger partial charge in [-0.05, 0) is 17.5 Å². The number of carboxylic acid groups (broad SMARTS) is 1. The molecule has 0 saturated heterocycles. The van der Waals surface area contributed by atoms with E-state index in [4.69, 9.17) is 14.6 Å². The molecular formula is C15H20O5. The fourth-order valence-corrected chi connectivity index (χ4v) is 1.98. The van der Waals surface area contributed by atoms with Crippen LogP contribution in [0.15, 0.2) is 18.2 Å². The molecular weight excluding hydrogens is 260 g/mol. The summed E-state index contributed by atoms with van der Waals surface area (Å²) in [5, 5.41) is 8.85. The predicted octanol–water partition coefficient (Wildman–Crippen LogP) is 2.78. The van der Waals surface area contributed by atoms with Gasteiger partial charge in [0.05, 0.1) is 20.6 Å². The second kappa shape index (κ2) is 6.41. The number of ketones is 1. The number of rotatable bonds is 7. The third kappa shape index (κ3) is 4.57. The summed E-state index contributed by atoms with van der Waals surface area (Å²) in [6.45, 7) is 3.52. The molecule has 1 aromatic carbocycles. The number of carbonyl (C=O) groups is 2. The number of aliphatic carboxylic acids is 1. The molecule has 0 radical (unpaired) electrons.